The minimum atomic E-state index is -4.76. The van der Waals surface area contributed by atoms with Crippen LogP contribution in [-0.4, -0.2) is 51.4 Å². The van der Waals surface area contributed by atoms with Gasteiger partial charge in [-0.15, -0.1) is 0 Å². The molecule has 0 bridgehead atoms. The van der Waals surface area contributed by atoms with Crippen molar-refractivity contribution in [2.24, 2.45) is 0 Å². The maximum absolute atomic E-state index is 13.4. The Morgan fingerprint density at radius 1 is 1.19 bits per heavy atom. The lowest BCUT2D eigenvalue weighted by Gasteiger charge is -2.41. The predicted molar refractivity (Wildman–Crippen MR) is 112 cm³/mol. The molecule has 2 aromatic carbocycles. The lowest BCUT2D eigenvalue weighted by atomic mass is 10.0. The Morgan fingerprint density at radius 2 is 1.84 bits per heavy atom. The van der Waals surface area contributed by atoms with Crippen LogP contribution in [0.4, 0.5) is 18.9 Å². The molecule has 12 heteroatoms. The molecule has 1 heterocycles. The zero-order chi connectivity index (χ0) is 23.7. The van der Waals surface area contributed by atoms with Crippen LogP contribution in [0, 0.1) is 11.3 Å². The standard InChI is InChI=1S/C20H18ClF3N4O3S/c1-26-19(29)18-12-27(32(30,31)16-6-3-14(21)4-7-16)8-9-28(18)15-5-2-13(11-25)17(10-15)20(22,23)24/h2-7,10,18H,8-9,12H2,1H3,(H,26,29). The van der Waals surface area contributed by atoms with Crippen LogP contribution in [0.3, 0.4) is 0 Å². The number of hydrogen-bond acceptors (Lipinski definition) is 5. The molecule has 170 valence electrons. The molecule has 1 atom stereocenters. The number of carbonyl (C=O) groups is 1. The molecule has 1 fully saturated rings. The van der Waals surface area contributed by atoms with Crippen LogP contribution in [-0.2, 0) is 21.0 Å². The molecule has 3 rings (SSSR count). The molecular formula is C20H18ClF3N4O3S. The van der Waals surface area contributed by atoms with Gasteiger partial charge >= 0.3 is 6.18 Å². The number of nitrogens with one attached hydrogen (secondary N) is 1. The average molecular weight is 487 g/mol. The summed E-state index contributed by atoms with van der Waals surface area (Å²) in [6.07, 6.45) is -4.76. The number of carbonyl (C=O) groups excluding carboxylic acids is 1. The van der Waals surface area contributed by atoms with Crippen molar-refractivity contribution in [2.45, 2.75) is 17.1 Å². The summed E-state index contributed by atoms with van der Waals surface area (Å²) in [5.41, 5.74) is -1.60. The van der Waals surface area contributed by atoms with Crippen LogP contribution in [0.2, 0.25) is 5.02 Å². The Balaban J connectivity index is 1.97. The monoisotopic (exact) mass is 486 g/mol. The number of halogens is 4. The highest BCUT2D eigenvalue weighted by molar-refractivity contribution is 7.89. The number of piperazine rings is 1. The SMILES string of the molecule is CNC(=O)C1CN(S(=O)(=O)c2ccc(Cl)cc2)CCN1c1ccc(C#N)c(C(F)(F)F)c1. The molecular weight excluding hydrogens is 469 g/mol. The Kier molecular flexibility index (Phi) is 6.69. The van der Waals surface area contributed by atoms with Crippen LogP contribution >= 0.6 is 11.6 Å². The normalized spacial score (nSPS) is 17.6. The molecule has 0 radical (unpaired) electrons. The Bertz CT molecular complexity index is 1160. The third-order valence-corrected chi connectivity index (χ3v) is 7.24. The predicted octanol–water partition coefficient (Wildman–Crippen LogP) is 2.86. The van der Waals surface area contributed by atoms with Gasteiger partial charge in [-0.3, -0.25) is 4.79 Å². The molecule has 1 saturated heterocycles. The molecule has 1 aliphatic heterocycles. The summed E-state index contributed by atoms with van der Waals surface area (Å²) in [6.45, 7) is -0.361. The first-order valence-corrected chi connectivity index (χ1v) is 11.2. The lowest BCUT2D eigenvalue weighted by molar-refractivity contribution is -0.137. The highest BCUT2D eigenvalue weighted by atomic mass is 35.5. The van der Waals surface area contributed by atoms with Gasteiger partial charge in [0.15, 0.2) is 0 Å². The number of alkyl halides is 3. The van der Waals surface area contributed by atoms with Gasteiger partial charge in [0.25, 0.3) is 0 Å². The number of sulfonamides is 1. The average Bonchev–Trinajstić information content (AvgIpc) is 2.77. The molecule has 1 aliphatic rings. The number of nitriles is 1. The smallest absolute Gasteiger partial charge is 0.357 e. The molecule has 2 aromatic rings. The Labute approximate surface area is 188 Å². The molecule has 7 nitrogen and oxygen atoms in total. The molecule has 1 unspecified atom stereocenters. The molecule has 0 aliphatic carbocycles. The number of amides is 1. The number of likely N-dealkylation sites (N-methyl/N-ethyl adjacent to an activating group) is 1. The van der Waals surface area contributed by atoms with Gasteiger partial charge in [0, 0.05) is 37.4 Å². The minimum Gasteiger partial charge on any atom is -0.357 e. The van der Waals surface area contributed by atoms with E-state index in [9.17, 15) is 26.4 Å². The molecule has 1 N–H and O–H groups in total. The van der Waals surface area contributed by atoms with Crippen molar-refractivity contribution in [1.29, 1.82) is 5.26 Å². The fourth-order valence-electron chi connectivity index (χ4n) is 3.47. The molecule has 32 heavy (non-hydrogen) atoms. The molecule has 0 saturated carbocycles. The highest BCUT2D eigenvalue weighted by Crippen LogP contribution is 2.35. The van der Waals surface area contributed by atoms with Crippen molar-refractivity contribution in [2.75, 3.05) is 31.6 Å². The van der Waals surface area contributed by atoms with Crippen LogP contribution in [0.15, 0.2) is 47.4 Å². The second-order valence-corrected chi connectivity index (χ2v) is 9.35. The van der Waals surface area contributed by atoms with Gasteiger partial charge in [-0.1, -0.05) is 11.6 Å². The van der Waals surface area contributed by atoms with Gasteiger partial charge in [0.05, 0.1) is 22.1 Å². The van der Waals surface area contributed by atoms with Crippen molar-refractivity contribution in [3.05, 3.63) is 58.6 Å². The summed E-state index contributed by atoms with van der Waals surface area (Å²) in [6, 6.07) is 9.13. The van der Waals surface area contributed by atoms with Crippen LogP contribution in [0.5, 0.6) is 0 Å². The zero-order valence-corrected chi connectivity index (χ0v) is 18.3. The molecule has 1 amide bonds. The fourth-order valence-corrected chi connectivity index (χ4v) is 5.04. The van der Waals surface area contributed by atoms with E-state index in [1.807, 2.05) is 0 Å². The summed E-state index contributed by atoms with van der Waals surface area (Å²) in [7, 11) is -2.60. The highest BCUT2D eigenvalue weighted by Gasteiger charge is 2.39. The van der Waals surface area contributed by atoms with Crippen molar-refractivity contribution in [3.8, 4) is 6.07 Å². The number of anilines is 1. The Hall–Kier alpha value is -2.81. The Morgan fingerprint density at radius 3 is 2.41 bits per heavy atom. The maximum atomic E-state index is 13.4. The van der Waals surface area contributed by atoms with E-state index in [0.29, 0.717) is 5.02 Å². The number of nitrogens with zero attached hydrogens (tertiary/aromatic N) is 3. The second kappa shape index (κ2) is 8.97. The summed E-state index contributed by atoms with van der Waals surface area (Å²) in [4.78, 5) is 13.9. The lowest BCUT2D eigenvalue weighted by Crippen LogP contribution is -2.60. The van der Waals surface area contributed by atoms with Crippen molar-refractivity contribution in [1.82, 2.24) is 9.62 Å². The number of hydrogen-bond donors (Lipinski definition) is 1. The van der Waals surface area contributed by atoms with Crippen molar-refractivity contribution in [3.63, 3.8) is 0 Å². The van der Waals surface area contributed by atoms with Gasteiger partial charge < -0.3 is 10.2 Å². The van der Waals surface area contributed by atoms with E-state index in [0.717, 1.165) is 16.4 Å². The first-order chi connectivity index (χ1) is 15.0. The van der Waals surface area contributed by atoms with Gasteiger partial charge in [0.1, 0.15) is 6.04 Å². The summed E-state index contributed by atoms with van der Waals surface area (Å²) >= 11 is 5.82. The van der Waals surface area contributed by atoms with Gasteiger partial charge in [-0.05, 0) is 42.5 Å². The summed E-state index contributed by atoms with van der Waals surface area (Å²) in [5, 5.41) is 11.8. The molecule has 0 spiro atoms. The number of benzene rings is 2. The fraction of sp³-hybridized carbons (Fsp3) is 0.300. The summed E-state index contributed by atoms with van der Waals surface area (Å²) in [5.74, 6) is -0.557. The quantitative estimate of drug-likeness (QED) is 0.717. The van der Waals surface area contributed by atoms with E-state index in [1.54, 1.807) is 0 Å². The van der Waals surface area contributed by atoms with Crippen LogP contribution in [0.1, 0.15) is 11.1 Å². The van der Waals surface area contributed by atoms with Gasteiger partial charge in [0.2, 0.25) is 15.9 Å². The van der Waals surface area contributed by atoms with E-state index in [4.69, 9.17) is 16.9 Å². The maximum Gasteiger partial charge on any atom is 0.417 e. The number of rotatable bonds is 4. The second-order valence-electron chi connectivity index (χ2n) is 6.98. The van der Waals surface area contributed by atoms with Crippen LogP contribution in [0.25, 0.3) is 0 Å². The van der Waals surface area contributed by atoms with E-state index < -0.39 is 39.3 Å². The first kappa shape index (κ1) is 23.8. The van der Waals surface area contributed by atoms with Crippen molar-refractivity contribution < 1.29 is 26.4 Å². The largest absolute Gasteiger partial charge is 0.417 e. The molecule has 0 aromatic heterocycles. The van der Waals surface area contributed by atoms with Gasteiger partial charge in [-0.25, -0.2) is 8.42 Å². The minimum absolute atomic E-state index is 0.0104. The third-order valence-electron chi connectivity index (χ3n) is 5.10. The topological polar surface area (TPSA) is 93.5 Å². The van der Waals surface area contributed by atoms with Crippen molar-refractivity contribution >= 4 is 33.2 Å². The van der Waals surface area contributed by atoms with Gasteiger partial charge in [-0.2, -0.15) is 22.7 Å². The zero-order valence-electron chi connectivity index (χ0n) is 16.7. The van der Waals surface area contributed by atoms with E-state index in [1.165, 1.54) is 48.3 Å². The van der Waals surface area contributed by atoms with Crippen LogP contribution < -0.4 is 10.2 Å². The first-order valence-electron chi connectivity index (χ1n) is 9.34. The van der Waals surface area contributed by atoms with E-state index in [-0.39, 0.29) is 30.2 Å². The van der Waals surface area contributed by atoms with E-state index >= 15 is 0 Å². The summed E-state index contributed by atoms with van der Waals surface area (Å²) < 4.78 is 67.3. The third kappa shape index (κ3) is 4.67. The van der Waals surface area contributed by atoms with E-state index in [2.05, 4.69) is 5.32 Å².